The summed E-state index contributed by atoms with van der Waals surface area (Å²) in [6.45, 7) is 9.15. The van der Waals surface area contributed by atoms with Crippen molar-refractivity contribution in [3.63, 3.8) is 0 Å². The molecule has 0 bridgehead atoms. The molecule has 0 atom stereocenters. The van der Waals surface area contributed by atoms with Crippen LogP contribution in [0.5, 0.6) is 0 Å². The van der Waals surface area contributed by atoms with Crippen LogP contribution >= 0.6 is 0 Å². The second-order valence-corrected chi connectivity index (χ2v) is 6.37. The molecule has 0 aromatic carbocycles. The average Bonchev–Trinajstić information content (AvgIpc) is 2.48. The van der Waals surface area contributed by atoms with Crippen molar-refractivity contribution in [1.29, 1.82) is 0 Å². The maximum absolute atomic E-state index is 12.3. The van der Waals surface area contributed by atoms with Gasteiger partial charge in [-0.3, -0.25) is 4.79 Å². The number of rotatable bonds is 5. The molecule has 1 aromatic heterocycles. The Morgan fingerprint density at radius 2 is 2.05 bits per heavy atom. The lowest BCUT2D eigenvalue weighted by atomic mass is 9.99. The fourth-order valence-electron chi connectivity index (χ4n) is 2.39. The van der Waals surface area contributed by atoms with Crippen molar-refractivity contribution in [2.45, 2.75) is 40.0 Å². The molecule has 0 unspecified atom stereocenters. The smallest absolute Gasteiger partial charge is 0.274 e. The van der Waals surface area contributed by atoms with Gasteiger partial charge >= 0.3 is 0 Å². The number of likely N-dealkylation sites (tertiary alicyclic amines) is 1. The molecule has 1 aliphatic heterocycles. The van der Waals surface area contributed by atoms with Crippen molar-refractivity contribution in [1.82, 2.24) is 14.9 Å². The first-order valence-corrected chi connectivity index (χ1v) is 7.91. The summed E-state index contributed by atoms with van der Waals surface area (Å²) in [6, 6.07) is 0. The van der Waals surface area contributed by atoms with E-state index in [4.69, 9.17) is 0 Å². The minimum Gasteiger partial charge on any atom is -0.369 e. The topological polar surface area (TPSA) is 58.1 Å². The molecule has 2 rings (SSSR count). The number of nitrogens with one attached hydrogen (secondary N) is 1. The number of aromatic nitrogens is 2. The lowest BCUT2D eigenvalue weighted by Gasteiger charge is -2.29. The molecule has 0 aliphatic carbocycles. The standard InChI is InChI=1S/C16H26N4O/c1-12(2)4-7-17-15-11-18-14(10-19-15)16(21)20-8-5-13(3)6-9-20/h10-13H,4-9H2,1-3H3,(H,17,19). The molecule has 0 radical (unpaired) electrons. The molecule has 21 heavy (non-hydrogen) atoms. The van der Waals surface area contributed by atoms with E-state index in [1.54, 1.807) is 12.4 Å². The summed E-state index contributed by atoms with van der Waals surface area (Å²) in [7, 11) is 0. The van der Waals surface area contributed by atoms with E-state index < -0.39 is 0 Å². The van der Waals surface area contributed by atoms with Crippen LogP contribution in [0.2, 0.25) is 0 Å². The van der Waals surface area contributed by atoms with Crippen LogP contribution in [0.3, 0.4) is 0 Å². The van der Waals surface area contributed by atoms with Crippen molar-refractivity contribution in [2.24, 2.45) is 11.8 Å². The Kier molecular flexibility index (Phi) is 5.53. The molecule has 5 nitrogen and oxygen atoms in total. The highest BCUT2D eigenvalue weighted by Gasteiger charge is 2.22. The molecule has 5 heteroatoms. The van der Waals surface area contributed by atoms with Crippen LogP contribution in [0.15, 0.2) is 12.4 Å². The molecular formula is C16H26N4O. The van der Waals surface area contributed by atoms with Gasteiger partial charge in [0.15, 0.2) is 0 Å². The van der Waals surface area contributed by atoms with Crippen molar-refractivity contribution in [3.05, 3.63) is 18.1 Å². The Morgan fingerprint density at radius 1 is 1.33 bits per heavy atom. The van der Waals surface area contributed by atoms with Gasteiger partial charge in [0.05, 0.1) is 12.4 Å². The first kappa shape index (κ1) is 15.7. The monoisotopic (exact) mass is 290 g/mol. The molecule has 1 aromatic rings. The SMILES string of the molecule is CC(C)CCNc1cnc(C(=O)N2CCC(C)CC2)cn1. The number of nitrogens with zero attached hydrogens (tertiary/aromatic N) is 3. The highest BCUT2D eigenvalue weighted by molar-refractivity contribution is 5.92. The van der Waals surface area contributed by atoms with Crippen molar-refractivity contribution >= 4 is 11.7 Å². The molecule has 1 N–H and O–H groups in total. The quantitative estimate of drug-likeness (QED) is 0.906. The maximum atomic E-state index is 12.3. The van der Waals surface area contributed by atoms with Gasteiger partial charge in [-0.05, 0) is 31.1 Å². The molecule has 1 fully saturated rings. The molecule has 116 valence electrons. The Hall–Kier alpha value is -1.65. The van der Waals surface area contributed by atoms with E-state index in [1.807, 2.05) is 4.90 Å². The van der Waals surface area contributed by atoms with E-state index in [0.717, 1.165) is 44.7 Å². The van der Waals surface area contributed by atoms with E-state index in [2.05, 4.69) is 36.1 Å². The normalized spacial score (nSPS) is 16.3. The summed E-state index contributed by atoms with van der Waals surface area (Å²) in [5.74, 6) is 2.11. The zero-order chi connectivity index (χ0) is 15.2. The Labute approximate surface area is 127 Å². The predicted molar refractivity (Wildman–Crippen MR) is 84.3 cm³/mol. The fraction of sp³-hybridized carbons (Fsp3) is 0.688. The van der Waals surface area contributed by atoms with Gasteiger partial charge < -0.3 is 10.2 Å². The highest BCUT2D eigenvalue weighted by atomic mass is 16.2. The number of hydrogen-bond acceptors (Lipinski definition) is 4. The third-order valence-electron chi connectivity index (χ3n) is 3.97. The average molecular weight is 290 g/mol. The van der Waals surface area contributed by atoms with E-state index in [0.29, 0.717) is 17.5 Å². The number of carbonyl (C=O) groups is 1. The van der Waals surface area contributed by atoms with Crippen molar-refractivity contribution in [2.75, 3.05) is 25.0 Å². The number of amides is 1. The summed E-state index contributed by atoms with van der Waals surface area (Å²) < 4.78 is 0. The molecular weight excluding hydrogens is 264 g/mol. The highest BCUT2D eigenvalue weighted by Crippen LogP contribution is 2.17. The summed E-state index contributed by atoms with van der Waals surface area (Å²) in [4.78, 5) is 22.7. The first-order chi connectivity index (χ1) is 10.1. The molecule has 1 aliphatic rings. The van der Waals surface area contributed by atoms with Crippen LogP contribution in [0, 0.1) is 11.8 Å². The Morgan fingerprint density at radius 3 is 2.62 bits per heavy atom. The molecule has 2 heterocycles. The van der Waals surface area contributed by atoms with E-state index in [9.17, 15) is 4.79 Å². The first-order valence-electron chi connectivity index (χ1n) is 7.91. The number of hydrogen-bond donors (Lipinski definition) is 1. The number of anilines is 1. The Balaban J connectivity index is 1.87. The van der Waals surface area contributed by atoms with E-state index >= 15 is 0 Å². The van der Waals surface area contributed by atoms with Gasteiger partial charge in [-0.2, -0.15) is 0 Å². The third kappa shape index (κ3) is 4.69. The second-order valence-electron chi connectivity index (χ2n) is 6.37. The lowest BCUT2D eigenvalue weighted by Crippen LogP contribution is -2.38. The van der Waals surface area contributed by atoms with Crippen LogP contribution in [0.25, 0.3) is 0 Å². The number of carbonyl (C=O) groups excluding carboxylic acids is 1. The van der Waals surface area contributed by atoms with E-state index in [-0.39, 0.29) is 5.91 Å². The Bertz CT molecular complexity index is 450. The van der Waals surface area contributed by atoms with Gasteiger partial charge in [0.25, 0.3) is 5.91 Å². The van der Waals surface area contributed by atoms with Crippen LogP contribution in [0.4, 0.5) is 5.82 Å². The zero-order valence-electron chi connectivity index (χ0n) is 13.3. The van der Waals surface area contributed by atoms with Gasteiger partial charge in [-0.25, -0.2) is 9.97 Å². The van der Waals surface area contributed by atoms with Crippen molar-refractivity contribution in [3.8, 4) is 0 Å². The maximum Gasteiger partial charge on any atom is 0.274 e. The summed E-state index contributed by atoms with van der Waals surface area (Å²) in [6.07, 6.45) is 6.48. The minimum absolute atomic E-state index is 0.00290. The summed E-state index contributed by atoms with van der Waals surface area (Å²) in [5.41, 5.74) is 0.443. The molecule has 1 saturated heterocycles. The minimum atomic E-state index is 0.00290. The molecule has 0 spiro atoms. The summed E-state index contributed by atoms with van der Waals surface area (Å²) in [5, 5.41) is 3.23. The number of piperidine rings is 1. The fourth-order valence-corrected chi connectivity index (χ4v) is 2.39. The van der Waals surface area contributed by atoms with Crippen LogP contribution < -0.4 is 5.32 Å². The van der Waals surface area contributed by atoms with Crippen LogP contribution in [-0.4, -0.2) is 40.4 Å². The van der Waals surface area contributed by atoms with Crippen molar-refractivity contribution < 1.29 is 4.79 Å². The van der Waals surface area contributed by atoms with Crippen LogP contribution in [-0.2, 0) is 0 Å². The van der Waals surface area contributed by atoms with Gasteiger partial charge in [-0.1, -0.05) is 20.8 Å². The van der Waals surface area contributed by atoms with Gasteiger partial charge in [0.1, 0.15) is 11.5 Å². The van der Waals surface area contributed by atoms with E-state index in [1.165, 1.54) is 0 Å². The molecule has 1 amide bonds. The zero-order valence-corrected chi connectivity index (χ0v) is 13.3. The second kappa shape index (κ2) is 7.38. The van der Waals surface area contributed by atoms with Gasteiger partial charge in [-0.15, -0.1) is 0 Å². The summed E-state index contributed by atoms with van der Waals surface area (Å²) >= 11 is 0. The molecule has 0 saturated carbocycles. The third-order valence-corrected chi connectivity index (χ3v) is 3.97. The predicted octanol–water partition coefficient (Wildman–Crippen LogP) is 2.81. The lowest BCUT2D eigenvalue weighted by molar-refractivity contribution is 0.0691. The van der Waals surface area contributed by atoms with Gasteiger partial charge in [0.2, 0.25) is 0 Å². The largest absolute Gasteiger partial charge is 0.369 e. The van der Waals surface area contributed by atoms with Gasteiger partial charge in [0, 0.05) is 19.6 Å². The van der Waals surface area contributed by atoms with Crippen LogP contribution in [0.1, 0.15) is 50.5 Å².